The average Bonchev–Trinajstić information content (AvgIpc) is 2.47. The number of ether oxygens (including phenoxy) is 1. The van der Waals surface area contributed by atoms with Gasteiger partial charge in [0.2, 0.25) is 10.0 Å². The minimum atomic E-state index is -3.51. The fourth-order valence-corrected chi connectivity index (χ4v) is 3.59. The quantitative estimate of drug-likeness (QED) is 0.908. The molecule has 1 aromatic rings. The van der Waals surface area contributed by atoms with E-state index in [1.54, 1.807) is 39.0 Å². The van der Waals surface area contributed by atoms with E-state index in [1.807, 2.05) is 6.07 Å². The fraction of sp³-hybridized carbons (Fsp3) is 0.533. The molecule has 0 spiro atoms. The summed E-state index contributed by atoms with van der Waals surface area (Å²) in [7, 11) is -2.07. The first-order chi connectivity index (χ1) is 10.1. The molecular formula is C15H20N2O4S. The van der Waals surface area contributed by atoms with Gasteiger partial charge in [-0.1, -0.05) is 0 Å². The van der Waals surface area contributed by atoms with Crippen molar-refractivity contribution in [3.63, 3.8) is 0 Å². The minimum Gasteiger partial charge on any atom is -0.485 e. The molecule has 0 fully saturated rings. The van der Waals surface area contributed by atoms with Gasteiger partial charge in [0.05, 0.1) is 23.4 Å². The lowest BCUT2D eigenvalue weighted by atomic mass is 9.86. The Balaban J connectivity index is 2.64. The van der Waals surface area contributed by atoms with Crippen LogP contribution in [0.1, 0.15) is 37.9 Å². The van der Waals surface area contributed by atoms with E-state index in [-0.39, 0.29) is 5.75 Å². The first-order valence-corrected chi connectivity index (χ1v) is 8.62. The maximum Gasteiger partial charge on any atom is 0.214 e. The Morgan fingerprint density at radius 2 is 2.09 bits per heavy atom. The van der Waals surface area contributed by atoms with Gasteiger partial charge in [-0.3, -0.25) is 0 Å². The molecule has 0 saturated heterocycles. The van der Waals surface area contributed by atoms with Crippen molar-refractivity contribution in [1.29, 1.82) is 5.26 Å². The van der Waals surface area contributed by atoms with Crippen molar-refractivity contribution in [2.45, 2.75) is 38.5 Å². The van der Waals surface area contributed by atoms with E-state index in [4.69, 9.17) is 10.00 Å². The predicted octanol–water partition coefficient (Wildman–Crippen LogP) is 1.41. The number of aliphatic hydroxyl groups excluding tert-OH is 1. The zero-order chi connectivity index (χ0) is 16.7. The molecule has 0 bridgehead atoms. The summed E-state index contributed by atoms with van der Waals surface area (Å²) < 4.78 is 31.4. The van der Waals surface area contributed by atoms with Crippen molar-refractivity contribution in [3.8, 4) is 11.8 Å². The van der Waals surface area contributed by atoms with E-state index in [2.05, 4.69) is 0 Å². The van der Waals surface area contributed by atoms with Crippen LogP contribution < -0.4 is 4.74 Å². The number of nitrogens with zero attached hydrogens (tertiary/aromatic N) is 2. The van der Waals surface area contributed by atoms with Gasteiger partial charge in [0.15, 0.2) is 0 Å². The largest absolute Gasteiger partial charge is 0.485 e. The van der Waals surface area contributed by atoms with Gasteiger partial charge in [-0.2, -0.15) is 9.57 Å². The number of rotatable bonds is 3. The lowest BCUT2D eigenvalue weighted by Gasteiger charge is -2.44. The molecule has 2 atom stereocenters. The third-order valence-electron chi connectivity index (χ3n) is 4.04. The van der Waals surface area contributed by atoms with Crippen molar-refractivity contribution in [1.82, 2.24) is 4.31 Å². The van der Waals surface area contributed by atoms with E-state index in [0.717, 1.165) is 0 Å². The molecule has 120 valence electrons. The Morgan fingerprint density at radius 1 is 1.45 bits per heavy atom. The highest BCUT2D eigenvalue weighted by molar-refractivity contribution is 7.89. The van der Waals surface area contributed by atoms with Gasteiger partial charge >= 0.3 is 0 Å². The van der Waals surface area contributed by atoms with Crippen LogP contribution in [0.2, 0.25) is 0 Å². The lowest BCUT2D eigenvalue weighted by Crippen LogP contribution is -2.54. The van der Waals surface area contributed by atoms with Crippen LogP contribution in [-0.2, 0) is 10.0 Å². The van der Waals surface area contributed by atoms with Gasteiger partial charge in [-0.25, -0.2) is 8.42 Å². The van der Waals surface area contributed by atoms with Gasteiger partial charge < -0.3 is 9.84 Å². The highest BCUT2D eigenvalue weighted by Crippen LogP contribution is 2.43. The van der Waals surface area contributed by atoms with E-state index in [9.17, 15) is 13.5 Å². The second kappa shape index (κ2) is 5.54. The van der Waals surface area contributed by atoms with E-state index < -0.39 is 27.8 Å². The molecule has 0 aromatic heterocycles. The van der Waals surface area contributed by atoms with Gasteiger partial charge in [-0.05, 0) is 39.0 Å². The zero-order valence-electron chi connectivity index (χ0n) is 13.1. The van der Waals surface area contributed by atoms with Crippen LogP contribution >= 0.6 is 0 Å². The normalized spacial score (nSPS) is 23.5. The number of sulfonamides is 1. The molecule has 0 saturated carbocycles. The molecule has 22 heavy (non-hydrogen) atoms. The average molecular weight is 324 g/mol. The van der Waals surface area contributed by atoms with Gasteiger partial charge in [0, 0.05) is 12.6 Å². The summed E-state index contributed by atoms with van der Waals surface area (Å²) in [6, 6.07) is 6.04. The van der Waals surface area contributed by atoms with Crippen LogP contribution in [0.25, 0.3) is 0 Å². The summed E-state index contributed by atoms with van der Waals surface area (Å²) in [5.74, 6) is 0.416. The molecule has 1 unspecified atom stereocenters. The van der Waals surface area contributed by atoms with Gasteiger partial charge in [0.1, 0.15) is 17.5 Å². The zero-order valence-corrected chi connectivity index (χ0v) is 13.9. The maximum absolute atomic E-state index is 12.2. The van der Waals surface area contributed by atoms with Gasteiger partial charge in [-0.15, -0.1) is 0 Å². The van der Waals surface area contributed by atoms with Crippen molar-refractivity contribution >= 4 is 10.0 Å². The molecule has 1 aromatic carbocycles. The summed E-state index contributed by atoms with van der Waals surface area (Å²) >= 11 is 0. The summed E-state index contributed by atoms with van der Waals surface area (Å²) in [5, 5.41) is 19.7. The number of fused-ring (bicyclic) bond motifs is 1. The molecule has 6 nitrogen and oxygen atoms in total. The molecule has 1 aliphatic rings. The molecule has 2 rings (SSSR count). The third kappa shape index (κ3) is 2.70. The Hall–Kier alpha value is -1.62. The molecule has 0 radical (unpaired) electrons. The number of nitriles is 1. The van der Waals surface area contributed by atoms with Gasteiger partial charge in [0.25, 0.3) is 0 Å². The number of likely N-dealkylation sites (N-methyl/N-ethyl adjacent to an activating group) is 1. The van der Waals surface area contributed by atoms with Crippen molar-refractivity contribution in [2.24, 2.45) is 0 Å². The van der Waals surface area contributed by atoms with Crippen LogP contribution in [-0.4, -0.2) is 42.3 Å². The number of hydrogen-bond donors (Lipinski definition) is 1. The fourth-order valence-electron chi connectivity index (χ4n) is 2.61. The second-order valence-corrected chi connectivity index (χ2v) is 8.19. The molecule has 1 N–H and O–H groups in total. The van der Waals surface area contributed by atoms with Crippen LogP contribution in [0.5, 0.6) is 5.75 Å². The molecule has 0 aliphatic carbocycles. The first-order valence-electron chi connectivity index (χ1n) is 7.01. The molecule has 0 amide bonds. The SMILES string of the molecule is CCS(=O)(=O)N(C)[C@@H]1c2cc(C#N)ccc2OC(C)(C)C1O. The third-order valence-corrected chi connectivity index (χ3v) is 5.87. The summed E-state index contributed by atoms with van der Waals surface area (Å²) in [6.45, 7) is 4.96. The maximum atomic E-state index is 12.2. The Morgan fingerprint density at radius 3 is 2.64 bits per heavy atom. The Bertz CT molecular complexity index is 722. The van der Waals surface area contributed by atoms with Crippen molar-refractivity contribution in [2.75, 3.05) is 12.8 Å². The summed E-state index contributed by atoms with van der Waals surface area (Å²) in [5.41, 5.74) is -0.0458. The number of benzene rings is 1. The van der Waals surface area contributed by atoms with E-state index in [1.165, 1.54) is 11.4 Å². The number of aliphatic hydroxyl groups is 1. The molecule has 1 aliphatic heterocycles. The van der Waals surface area contributed by atoms with E-state index in [0.29, 0.717) is 16.9 Å². The van der Waals surface area contributed by atoms with Crippen molar-refractivity contribution in [3.05, 3.63) is 29.3 Å². The van der Waals surface area contributed by atoms with Crippen LogP contribution in [0, 0.1) is 11.3 Å². The van der Waals surface area contributed by atoms with Crippen LogP contribution in [0.3, 0.4) is 0 Å². The minimum absolute atomic E-state index is 0.0682. The monoisotopic (exact) mass is 324 g/mol. The topological polar surface area (TPSA) is 90.6 Å². The smallest absolute Gasteiger partial charge is 0.214 e. The van der Waals surface area contributed by atoms with Crippen LogP contribution in [0.4, 0.5) is 0 Å². The summed E-state index contributed by atoms with van der Waals surface area (Å²) in [6.07, 6.45) is -1.06. The second-order valence-electron chi connectivity index (χ2n) is 5.88. The van der Waals surface area contributed by atoms with Crippen LogP contribution in [0.15, 0.2) is 18.2 Å². The van der Waals surface area contributed by atoms with E-state index >= 15 is 0 Å². The standard InChI is InChI=1S/C15H20N2O4S/c1-5-22(19,20)17(4)13-11-8-10(9-16)6-7-12(11)21-15(2,3)14(13)18/h6-8,13-14,18H,5H2,1-4H3/t13-,14?/m1/s1. The molecule has 1 heterocycles. The first kappa shape index (κ1) is 16.7. The predicted molar refractivity (Wildman–Crippen MR) is 81.8 cm³/mol. The Kier molecular flexibility index (Phi) is 4.22. The molecular weight excluding hydrogens is 304 g/mol. The Labute approximate surface area is 131 Å². The lowest BCUT2D eigenvalue weighted by molar-refractivity contribution is -0.0763. The molecule has 7 heteroatoms. The number of hydrogen-bond acceptors (Lipinski definition) is 5. The highest BCUT2D eigenvalue weighted by atomic mass is 32.2. The summed E-state index contributed by atoms with van der Waals surface area (Å²) in [4.78, 5) is 0. The van der Waals surface area contributed by atoms with Crippen molar-refractivity contribution < 1.29 is 18.3 Å². The highest BCUT2D eigenvalue weighted by Gasteiger charge is 2.47.